The lowest BCUT2D eigenvalue weighted by Gasteiger charge is -2.17. The van der Waals surface area contributed by atoms with Gasteiger partial charge in [0.15, 0.2) is 11.5 Å². The molecule has 0 radical (unpaired) electrons. The summed E-state index contributed by atoms with van der Waals surface area (Å²) < 4.78 is 10.8. The highest BCUT2D eigenvalue weighted by Gasteiger charge is 2.29. The minimum atomic E-state index is -0.127. The zero-order valence-electron chi connectivity index (χ0n) is 15.3. The van der Waals surface area contributed by atoms with E-state index < -0.39 is 0 Å². The summed E-state index contributed by atoms with van der Waals surface area (Å²) in [5.41, 5.74) is 0.954. The molecule has 1 aromatic rings. The van der Waals surface area contributed by atoms with E-state index in [1.165, 1.54) is 0 Å². The topological polar surface area (TPSA) is 76.7 Å². The van der Waals surface area contributed by atoms with Crippen molar-refractivity contribution in [1.82, 2.24) is 10.6 Å². The first-order valence-corrected chi connectivity index (χ1v) is 8.93. The number of methoxy groups -OCH3 is 1. The van der Waals surface area contributed by atoms with Crippen molar-refractivity contribution in [3.8, 4) is 11.5 Å². The van der Waals surface area contributed by atoms with Crippen LogP contribution in [0.25, 0.3) is 0 Å². The van der Waals surface area contributed by atoms with Crippen LogP contribution < -0.4 is 20.1 Å². The van der Waals surface area contributed by atoms with Crippen LogP contribution in [0.5, 0.6) is 11.5 Å². The number of nitrogens with one attached hydrogen (secondary N) is 2. The SMILES string of the molecule is CCOc1ccc(C(C)NC(=O)CCCNC(=O)C2CC2)cc1OC. The minimum Gasteiger partial charge on any atom is -0.493 e. The molecule has 1 aliphatic carbocycles. The second kappa shape index (κ2) is 9.30. The summed E-state index contributed by atoms with van der Waals surface area (Å²) in [5.74, 6) is 1.65. The number of benzene rings is 1. The quantitative estimate of drug-likeness (QED) is 0.637. The molecule has 1 fully saturated rings. The summed E-state index contributed by atoms with van der Waals surface area (Å²) in [7, 11) is 1.60. The fourth-order valence-electron chi connectivity index (χ4n) is 2.58. The summed E-state index contributed by atoms with van der Waals surface area (Å²) in [6.45, 7) is 4.97. The Morgan fingerprint density at radius 3 is 2.68 bits per heavy atom. The molecule has 2 amide bonds. The number of carbonyl (C=O) groups excluding carboxylic acids is 2. The van der Waals surface area contributed by atoms with Gasteiger partial charge in [0, 0.05) is 18.9 Å². The molecule has 2 N–H and O–H groups in total. The van der Waals surface area contributed by atoms with Crippen LogP contribution in [0.4, 0.5) is 0 Å². The third kappa shape index (κ3) is 5.96. The van der Waals surface area contributed by atoms with E-state index in [0.29, 0.717) is 37.5 Å². The minimum absolute atomic E-state index is 0.0268. The molecule has 6 nitrogen and oxygen atoms in total. The van der Waals surface area contributed by atoms with Crippen molar-refractivity contribution >= 4 is 11.8 Å². The van der Waals surface area contributed by atoms with E-state index in [-0.39, 0.29) is 23.8 Å². The van der Waals surface area contributed by atoms with Gasteiger partial charge in [0.2, 0.25) is 11.8 Å². The number of hydrogen-bond donors (Lipinski definition) is 2. The van der Waals surface area contributed by atoms with Crippen LogP contribution in [-0.4, -0.2) is 32.1 Å². The number of hydrogen-bond acceptors (Lipinski definition) is 4. The fourth-order valence-corrected chi connectivity index (χ4v) is 2.58. The van der Waals surface area contributed by atoms with Crippen molar-refractivity contribution in [2.75, 3.05) is 20.3 Å². The monoisotopic (exact) mass is 348 g/mol. The van der Waals surface area contributed by atoms with Crippen molar-refractivity contribution in [1.29, 1.82) is 0 Å². The molecule has 25 heavy (non-hydrogen) atoms. The molecule has 0 spiro atoms. The highest BCUT2D eigenvalue weighted by molar-refractivity contribution is 5.81. The molecule has 1 aliphatic rings. The predicted molar refractivity (Wildman–Crippen MR) is 95.7 cm³/mol. The molecule has 0 heterocycles. The Hall–Kier alpha value is -2.24. The number of amides is 2. The van der Waals surface area contributed by atoms with E-state index in [2.05, 4.69) is 10.6 Å². The van der Waals surface area contributed by atoms with Gasteiger partial charge in [-0.05, 0) is 50.8 Å². The molecule has 0 bridgehead atoms. The number of carbonyl (C=O) groups is 2. The molecule has 6 heteroatoms. The van der Waals surface area contributed by atoms with E-state index in [1.54, 1.807) is 7.11 Å². The molecule has 0 saturated heterocycles. The lowest BCUT2D eigenvalue weighted by Crippen LogP contribution is -2.29. The number of rotatable bonds is 10. The van der Waals surface area contributed by atoms with Crippen LogP contribution in [0.2, 0.25) is 0 Å². The van der Waals surface area contributed by atoms with Gasteiger partial charge in [0.1, 0.15) is 0 Å². The van der Waals surface area contributed by atoms with Crippen molar-refractivity contribution < 1.29 is 19.1 Å². The Morgan fingerprint density at radius 2 is 2.04 bits per heavy atom. The first-order chi connectivity index (χ1) is 12.0. The highest BCUT2D eigenvalue weighted by Crippen LogP contribution is 2.30. The lowest BCUT2D eigenvalue weighted by atomic mass is 10.1. The maximum atomic E-state index is 12.1. The van der Waals surface area contributed by atoms with Crippen LogP contribution in [0, 0.1) is 5.92 Å². The van der Waals surface area contributed by atoms with E-state index in [9.17, 15) is 9.59 Å². The zero-order valence-corrected chi connectivity index (χ0v) is 15.3. The molecular formula is C19H28N2O4. The second-order valence-corrected chi connectivity index (χ2v) is 6.30. The van der Waals surface area contributed by atoms with Crippen molar-refractivity contribution in [2.24, 2.45) is 5.92 Å². The summed E-state index contributed by atoms with van der Waals surface area (Å²) in [5, 5.41) is 5.84. The van der Waals surface area contributed by atoms with Crippen molar-refractivity contribution in [3.63, 3.8) is 0 Å². The Labute approximate surface area is 149 Å². The Morgan fingerprint density at radius 1 is 1.28 bits per heavy atom. The molecule has 2 rings (SSSR count). The van der Waals surface area contributed by atoms with Crippen LogP contribution in [-0.2, 0) is 9.59 Å². The van der Waals surface area contributed by atoms with E-state index in [4.69, 9.17) is 9.47 Å². The third-order valence-electron chi connectivity index (χ3n) is 4.19. The fraction of sp³-hybridized carbons (Fsp3) is 0.579. The van der Waals surface area contributed by atoms with Gasteiger partial charge < -0.3 is 20.1 Å². The third-order valence-corrected chi connectivity index (χ3v) is 4.19. The molecule has 1 unspecified atom stereocenters. The Balaban J connectivity index is 1.76. The Kier molecular flexibility index (Phi) is 7.10. The second-order valence-electron chi connectivity index (χ2n) is 6.30. The van der Waals surface area contributed by atoms with Crippen LogP contribution >= 0.6 is 0 Å². The van der Waals surface area contributed by atoms with Gasteiger partial charge in [-0.1, -0.05) is 6.07 Å². The average Bonchev–Trinajstić information content (AvgIpc) is 3.44. The summed E-state index contributed by atoms with van der Waals surface area (Å²) in [6.07, 6.45) is 3.03. The van der Waals surface area contributed by atoms with Gasteiger partial charge in [-0.25, -0.2) is 0 Å². The maximum Gasteiger partial charge on any atom is 0.223 e. The van der Waals surface area contributed by atoms with Crippen LogP contribution in [0.1, 0.15) is 51.1 Å². The smallest absolute Gasteiger partial charge is 0.223 e. The van der Waals surface area contributed by atoms with Crippen molar-refractivity contribution in [2.45, 2.75) is 45.6 Å². The van der Waals surface area contributed by atoms with Gasteiger partial charge in [-0.3, -0.25) is 9.59 Å². The Bertz CT molecular complexity index is 599. The van der Waals surface area contributed by atoms with Crippen LogP contribution in [0.3, 0.4) is 0 Å². The maximum absolute atomic E-state index is 12.1. The molecular weight excluding hydrogens is 320 g/mol. The lowest BCUT2D eigenvalue weighted by molar-refractivity contribution is -0.123. The summed E-state index contributed by atoms with van der Waals surface area (Å²) >= 11 is 0. The normalized spacial score (nSPS) is 14.5. The van der Waals surface area contributed by atoms with E-state index in [1.807, 2.05) is 32.0 Å². The van der Waals surface area contributed by atoms with Gasteiger partial charge in [-0.15, -0.1) is 0 Å². The van der Waals surface area contributed by atoms with Gasteiger partial charge in [-0.2, -0.15) is 0 Å². The van der Waals surface area contributed by atoms with Gasteiger partial charge in [0.25, 0.3) is 0 Å². The highest BCUT2D eigenvalue weighted by atomic mass is 16.5. The standard InChI is InChI=1S/C19H28N2O4/c1-4-25-16-10-9-15(12-17(16)24-3)13(2)21-18(22)6-5-11-20-19(23)14-7-8-14/h9-10,12-14H,4-8,11H2,1-3H3,(H,20,23)(H,21,22). The van der Waals surface area contributed by atoms with Gasteiger partial charge in [0.05, 0.1) is 19.8 Å². The largest absolute Gasteiger partial charge is 0.493 e. The molecule has 0 aliphatic heterocycles. The summed E-state index contributed by atoms with van der Waals surface area (Å²) in [6, 6.07) is 5.53. The molecule has 1 atom stereocenters. The predicted octanol–water partition coefficient (Wildman–Crippen LogP) is 2.58. The first-order valence-electron chi connectivity index (χ1n) is 8.93. The first kappa shape index (κ1) is 19.1. The van der Waals surface area contributed by atoms with Crippen LogP contribution in [0.15, 0.2) is 18.2 Å². The zero-order chi connectivity index (χ0) is 18.2. The molecule has 1 saturated carbocycles. The van der Waals surface area contributed by atoms with E-state index >= 15 is 0 Å². The average molecular weight is 348 g/mol. The van der Waals surface area contributed by atoms with E-state index in [0.717, 1.165) is 18.4 Å². The molecule has 1 aromatic carbocycles. The molecule has 0 aromatic heterocycles. The molecule has 138 valence electrons. The van der Waals surface area contributed by atoms with Crippen molar-refractivity contribution in [3.05, 3.63) is 23.8 Å². The number of ether oxygens (including phenoxy) is 2. The van der Waals surface area contributed by atoms with Gasteiger partial charge >= 0.3 is 0 Å². The summed E-state index contributed by atoms with van der Waals surface area (Å²) in [4.78, 5) is 23.6.